The van der Waals surface area contributed by atoms with Crippen molar-refractivity contribution in [3.05, 3.63) is 47.2 Å². The molecule has 3 nitrogen and oxygen atoms in total. The summed E-state index contributed by atoms with van der Waals surface area (Å²) in [7, 11) is 1.70. The van der Waals surface area contributed by atoms with E-state index in [-0.39, 0.29) is 5.78 Å². The summed E-state index contributed by atoms with van der Waals surface area (Å²) in [6.07, 6.45) is 1.33. The summed E-state index contributed by atoms with van der Waals surface area (Å²) in [5.74, 6) is 0.436. The van der Waals surface area contributed by atoms with E-state index in [4.69, 9.17) is 5.73 Å². The van der Waals surface area contributed by atoms with Gasteiger partial charge in [-0.05, 0) is 12.3 Å². The Bertz CT molecular complexity index is 515. The summed E-state index contributed by atoms with van der Waals surface area (Å²) >= 11 is 0. The number of ketones is 1. The molecular weight excluding hydrogens is 224 g/mol. The number of nitrogens with two attached hydrogens (primary N) is 1. The number of nitrogens with zero attached hydrogens (tertiary/aromatic N) is 1. The number of hydrogen-bond donors (Lipinski definition) is 1. The second-order valence-corrected chi connectivity index (χ2v) is 4.78. The molecule has 3 heteroatoms. The second-order valence-electron chi connectivity index (χ2n) is 4.78. The summed E-state index contributed by atoms with van der Waals surface area (Å²) in [5.41, 5.74) is 8.99. The number of hydrogen-bond acceptors (Lipinski definition) is 3. The number of rotatable bonds is 2. The summed E-state index contributed by atoms with van der Waals surface area (Å²) < 4.78 is 0. The molecule has 0 bridgehead atoms. The molecule has 1 aromatic carbocycles. The van der Waals surface area contributed by atoms with Gasteiger partial charge in [0.05, 0.1) is 11.3 Å². The molecule has 1 aliphatic carbocycles. The molecule has 1 aromatic rings. The van der Waals surface area contributed by atoms with Gasteiger partial charge in [0, 0.05) is 24.7 Å². The molecule has 2 rings (SSSR count). The van der Waals surface area contributed by atoms with E-state index in [2.05, 4.69) is 4.99 Å². The lowest BCUT2D eigenvalue weighted by atomic mass is 9.84. The lowest BCUT2D eigenvalue weighted by Gasteiger charge is -2.22. The first-order valence-corrected chi connectivity index (χ1v) is 6.18. The van der Waals surface area contributed by atoms with Crippen LogP contribution in [-0.2, 0) is 4.79 Å². The monoisotopic (exact) mass is 242 g/mol. The van der Waals surface area contributed by atoms with Crippen LogP contribution in [0.5, 0.6) is 0 Å². The number of Topliss-reactive ketones (excluding diaryl/α,β-unsaturated/α-hetero) is 1. The molecule has 2 N–H and O–H groups in total. The molecule has 0 saturated heterocycles. The lowest BCUT2D eigenvalue weighted by Crippen LogP contribution is -2.27. The summed E-state index contributed by atoms with van der Waals surface area (Å²) in [6.45, 7) is 2.05. The Labute approximate surface area is 107 Å². The minimum absolute atomic E-state index is 0.107. The Kier molecular flexibility index (Phi) is 3.60. The van der Waals surface area contributed by atoms with Crippen LogP contribution in [0.3, 0.4) is 0 Å². The molecule has 0 heterocycles. The molecule has 0 amide bonds. The van der Waals surface area contributed by atoms with Crippen LogP contribution in [0.25, 0.3) is 0 Å². The number of allylic oxidation sites excluding steroid dienone is 2. The highest BCUT2D eigenvalue weighted by Gasteiger charge is 2.27. The minimum atomic E-state index is 0.107. The maximum Gasteiger partial charge on any atom is 0.167 e. The molecule has 0 aromatic heterocycles. The zero-order valence-corrected chi connectivity index (χ0v) is 10.8. The molecule has 0 saturated carbocycles. The van der Waals surface area contributed by atoms with Crippen LogP contribution >= 0.6 is 0 Å². The Morgan fingerprint density at radius 3 is 2.50 bits per heavy atom. The maximum absolute atomic E-state index is 12.2. The third kappa shape index (κ3) is 2.35. The zero-order chi connectivity index (χ0) is 13.1. The van der Waals surface area contributed by atoms with Gasteiger partial charge >= 0.3 is 0 Å². The van der Waals surface area contributed by atoms with Gasteiger partial charge in [-0.2, -0.15) is 0 Å². The fourth-order valence-corrected chi connectivity index (χ4v) is 2.41. The SMILES string of the molecule is CN=C(C1=C(N)C[C@@H](C)CC1=O)c1ccccc1. The third-order valence-electron chi connectivity index (χ3n) is 3.21. The Morgan fingerprint density at radius 2 is 1.94 bits per heavy atom. The average molecular weight is 242 g/mol. The largest absolute Gasteiger partial charge is 0.401 e. The van der Waals surface area contributed by atoms with Crippen molar-refractivity contribution in [3.63, 3.8) is 0 Å². The summed E-state index contributed by atoms with van der Waals surface area (Å²) in [4.78, 5) is 16.4. The van der Waals surface area contributed by atoms with Crippen LogP contribution in [0.1, 0.15) is 25.3 Å². The standard InChI is InChI=1S/C15H18N2O/c1-10-8-12(16)14(13(18)9-10)15(17-2)11-6-4-3-5-7-11/h3-7,10H,8-9,16H2,1-2H3/t10-/m1/s1. The topological polar surface area (TPSA) is 55.4 Å². The van der Waals surface area contributed by atoms with Crippen LogP contribution < -0.4 is 5.73 Å². The highest BCUT2D eigenvalue weighted by Crippen LogP contribution is 2.26. The molecular formula is C15H18N2O. The van der Waals surface area contributed by atoms with E-state index in [1.165, 1.54) is 0 Å². The van der Waals surface area contributed by atoms with Gasteiger partial charge in [-0.15, -0.1) is 0 Å². The van der Waals surface area contributed by atoms with Crippen molar-refractivity contribution in [2.24, 2.45) is 16.6 Å². The van der Waals surface area contributed by atoms with E-state index in [0.717, 1.165) is 12.0 Å². The Balaban J connectivity index is 2.46. The van der Waals surface area contributed by atoms with Gasteiger partial charge in [0.15, 0.2) is 5.78 Å². The minimum Gasteiger partial charge on any atom is -0.401 e. The predicted octanol–water partition coefficient (Wildman–Crippen LogP) is 2.32. The molecule has 0 radical (unpaired) electrons. The summed E-state index contributed by atoms with van der Waals surface area (Å²) in [6, 6.07) is 9.72. The van der Waals surface area contributed by atoms with E-state index >= 15 is 0 Å². The first-order chi connectivity index (χ1) is 8.63. The number of carbonyl (C=O) groups excluding carboxylic acids is 1. The van der Waals surface area contributed by atoms with Crippen molar-refractivity contribution in [2.45, 2.75) is 19.8 Å². The molecule has 94 valence electrons. The van der Waals surface area contributed by atoms with E-state index in [1.54, 1.807) is 7.05 Å². The van der Waals surface area contributed by atoms with Gasteiger partial charge < -0.3 is 5.73 Å². The van der Waals surface area contributed by atoms with Crippen LogP contribution in [0.15, 0.2) is 46.6 Å². The quantitative estimate of drug-likeness (QED) is 0.809. The first-order valence-electron chi connectivity index (χ1n) is 6.18. The normalized spacial score (nSPS) is 21.3. The second kappa shape index (κ2) is 5.17. The first kappa shape index (κ1) is 12.6. The predicted molar refractivity (Wildman–Crippen MR) is 73.5 cm³/mol. The van der Waals surface area contributed by atoms with Crippen molar-refractivity contribution in [2.75, 3.05) is 7.05 Å². The summed E-state index contributed by atoms with van der Waals surface area (Å²) in [5, 5.41) is 0. The molecule has 0 spiro atoms. The Hall–Kier alpha value is -1.90. The van der Waals surface area contributed by atoms with Crippen molar-refractivity contribution >= 4 is 11.5 Å². The van der Waals surface area contributed by atoms with Crippen LogP contribution in [0.2, 0.25) is 0 Å². The number of benzene rings is 1. The van der Waals surface area contributed by atoms with E-state index in [9.17, 15) is 4.79 Å². The fraction of sp³-hybridized carbons (Fsp3) is 0.333. The molecule has 18 heavy (non-hydrogen) atoms. The van der Waals surface area contributed by atoms with Gasteiger partial charge in [0.2, 0.25) is 0 Å². The molecule has 0 aliphatic heterocycles. The van der Waals surface area contributed by atoms with Gasteiger partial charge in [-0.3, -0.25) is 9.79 Å². The fourth-order valence-electron chi connectivity index (χ4n) is 2.41. The molecule has 1 aliphatic rings. The van der Waals surface area contributed by atoms with Crippen molar-refractivity contribution < 1.29 is 4.79 Å². The lowest BCUT2D eigenvalue weighted by molar-refractivity contribution is -0.116. The van der Waals surface area contributed by atoms with Gasteiger partial charge in [-0.25, -0.2) is 0 Å². The number of aliphatic imine (C=N–C) groups is 1. The van der Waals surface area contributed by atoms with Gasteiger partial charge in [-0.1, -0.05) is 37.3 Å². The molecule has 0 fully saturated rings. The van der Waals surface area contributed by atoms with Crippen molar-refractivity contribution in [3.8, 4) is 0 Å². The molecule has 0 unspecified atom stereocenters. The van der Waals surface area contributed by atoms with Crippen LogP contribution in [0, 0.1) is 5.92 Å². The van der Waals surface area contributed by atoms with Gasteiger partial charge in [0.25, 0.3) is 0 Å². The third-order valence-corrected chi connectivity index (χ3v) is 3.21. The van der Waals surface area contributed by atoms with E-state index in [1.807, 2.05) is 37.3 Å². The van der Waals surface area contributed by atoms with E-state index in [0.29, 0.717) is 29.3 Å². The van der Waals surface area contributed by atoms with Crippen molar-refractivity contribution in [1.29, 1.82) is 0 Å². The smallest absolute Gasteiger partial charge is 0.167 e. The zero-order valence-electron chi connectivity index (χ0n) is 10.8. The van der Waals surface area contributed by atoms with Crippen molar-refractivity contribution in [1.82, 2.24) is 0 Å². The highest BCUT2D eigenvalue weighted by molar-refractivity contribution is 6.29. The number of carbonyl (C=O) groups is 1. The van der Waals surface area contributed by atoms with Gasteiger partial charge in [0.1, 0.15) is 0 Å². The average Bonchev–Trinajstić information content (AvgIpc) is 2.34. The van der Waals surface area contributed by atoms with E-state index < -0.39 is 0 Å². The van der Waals surface area contributed by atoms with Crippen LogP contribution in [0.4, 0.5) is 0 Å². The highest BCUT2D eigenvalue weighted by atomic mass is 16.1. The molecule has 1 atom stereocenters. The maximum atomic E-state index is 12.2. The Morgan fingerprint density at radius 1 is 1.28 bits per heavy atom. The van der Waals surface area contributed by atoms with Crippen LogP contribution in [-0.4, -0.2) is 18.5 Å².